The van der Waals surface area contributed by atoms with Gasteiger partial charge in [0.2, 0.25) is 0 Å². The van der Waals surface area contributed by atoms with Crippen LogP contribution in [0.15, 0.2) is 102 Å². The molecule has 2 saturated heterocycles. The Balaban J connectivity index is 1.07. The van der Waals surface area contributed by atoms with Crippen LogP contribution in [0.3, 0.4) is 0 Å². The fraction of sp³-hybridized carbons (Fsp3) is 0.306. The number of aliphatic hydroxyl groups excluding tert-OH is 1. The molecule has 46 heavy (non-hydrogen) atoms. The van der Waals surface area contributed by atoms with Gasteiger partial charge >= 0.3 is 5.69 Å². The summed E-state index contributed by atoms with van der Waals surface area (Å²) in [6, 6.07) is 26.9. The number of carbonyl (C=O) groups excluding carboxylic acids is 1. The van der Waals surface area contributed by atoms with Crippen molar-refractivity contribution in [1.29, 1.82) is 0 Å². The number of pyridine rings is 1. The molecule has 0 bridgehead atoms. The Morgan fingerprint density at radius 3 is 2.57 bits per heavy atom. The zero-order valence-corrected chi connectivity index (χ0v) is 25.4. The fourth-order valence-electron chi connectivity index (χ4n) is 6.58. The number of aromatic nitrogens is 3. The summed E-state index contributed by atoms with van der Waals surface area (Å²) in [5.41, 5.74) is 5.56. The Morgan fingerprint density at radius 2 is 1.78 bits per heavy atom. The molecule has 3 aromatic carbocycles. The van der Waals surface area contributed by atoms with Crippen LogP contribution >= 0.6 is 0 Å². The molecule has 2 fully saturated rings. The highest BCUT2D eigenvalue weighted by molar-refractivity contribution is 6.04. The molecule has 0 radical (unpaired) electrons. The molecular weight excluding hydrogens is 582 g/mol. The van der Waals surface area contributed by atoms with Crippen LogP contribution in [0, 0.1) is 0 Å². The lowest BCUT2D eigenvalue weighted by molar-refractivity contribution is -0.253. The number of H-pyrrole nitrogens is 1. The molecule has 3 N–H and O–H groups in total. The van der Waals surface area contributed by atoms with Gasteiger partial charge in [0.15, 0.2) is 6.29 Å². The number of para-hydroxylation sites is 2. The maximum Gasteiger partial charge on any atom is 0.326 e. The average molecular weight is 620 g/mol. The lowest BCUT2D eigenvalue weighted by atomic mass is 9.98. The maximum absolute atomic E-state index is 12.8. The number of nitrogens with one attached hydrogen (secondary N) is 2. The zero-order chi connectivity index (χ0) is 31.5. The summed E-state index contributed by atoms with van der Waals surface area (Å²) in [6.07, 6.45) is 4.62. The molecule has 2 aliphatic rings. The van der Waals surface area contributed by atoms with E-state index in [9.17, 15) is 14.7 Å². The van der Waals surface area contributed by atoms with E-state index in [1.54, 1.807) is 18.3 Å². The second-order valence-corrected chi connectivity index (χ2v) is 12.0. The molecule has 5 aromatic rings. The Morgan fingerprint density at radius 1 is 0.957 bits per heavy atom. The minimum absolute atomic E-state index is 0.0155. The van der Waals surface area contributed by atoms with Gasteiger partial charge in [-0.25, -0.2) is 4.79 Å². The fourth-order valence-corrected chi connectivity index (χ4v) is 6.58. The molecule has 0 spiro atoms. The molecule has 0 unspecified atom stereocenters. The first kappa shape index (κ1) is 30.1. The van der Waals surface area contributed by atoms with Crippen molar-refractivity contribution in [3.8, 4) is 0 Å². The van der Waals surface area contributed by atoms with Crippen LogP contribution < -0.4 is 11.0 Å². The molecule has 0 saturated carbocycles. The summed E-state index contributed by atoms with van der Waals surface area (Å²) in [7, 11) is 0. The maximum atomic E-state index is 12.8. The van der Waals surface area contributed by atoms with Crippen LogP contribution in [-0.2, 0) is 16.1 Å². The van der Waals surface area contributed by atoms with E-state index in [0.717, 1.165) is 60.2 Å². The Bertz CT molecular complexity index is 1850. The van der Waals surface area contributed by atoms with Crippen LogP contribution in [0.2, 0.25) is 0 Å². The molecule has 10 heteroatoms. The van der Waals surface area contributed by atoms with Crippen molar-refractivity contribution in [2.45, 2.75) is 50.4 Å². The Kier molecular flexibility index (Phi) is 8.76. The smallest absolute Gasteiger partial charge is 0.326 e. The van der Waals surface area contributed by atoms with Gasteiger partial charge in [-0.05, 0) is 60.4 Å². The van der Waals surface area contributed by atoms with Gasteiger partial charge < -0.3 is 29.8 Å². The summed E-state index contributed by atoms with van der Waals surface area (Å²) < 4.78 is 15.1. The quantitative estimate of drug-likeness (QED) is 0.214. The predicted molar refractivity (Wildman–Crippen MR) is 174 cm³/mol. The zero-order valence-electron chi connectivity index (χ0n) is 25.4. The van der Waals surface area contributed by atoms with Crippen molar-refractivity contribution in [1.82, 2.24) is 19.4 Å². The lowest BCUT2D eigenvalue weighted by Crippen LogP contribution is -2.43. The van der Waals surface area contributed by atoms with Crippen molar-refractivity contribution in [3.63, 3.8) is 0 Å². The number of aliphatic hydroxyl groups is 1. The van der Waals surface area contributed by atoms with E-state index in [1.807, 2.05) is 77.4 Å². The lowest BCUT2D eigenvalue weighted by Gasteiger charge is -2.40. The number of piperidine rings is 1. The average Bonchev–Trinajstić information content (AvgIpc) is 3.44. The monoisotopic (exact) mass is 619 g/mol. The van der Waals surface area contributed by atoms with Crippen LogP contribution in [-0.4, -0.2) is 56.2 Å². The summed E-state index contributed by atoms with van der Waals surface area (Å²) in [4.78, 5) is 35.0. The van der Waals surface area contributed by atoms with Gasteiger partial charge in [0, 0.05) is 55.7 Å². The third-order valence-electron chi connectivity index (χ3n) is 8.96. The van der Waals surface area contributed by atoms with Gasteiger partial charge in [-0.15, -0.1) is 0 Å². The number of rotatable bonds is 8. The summed E-state index contributed by atoms with van der Waals surface area (Å²) in [5, 5.41) is 12.5. The van der Waals surface area contributed by atoms with Gasteiger partial charge in [0.25, 0.3) is 5.91 Å². The first-order valence-electron chi connectivity index (χ1n) is 15.8. The number of hydrogen-bond acceptors (Lipinski definition) is 7. The number of imidazole rings is 1. The summed E-state index contributed by atoms with van der Waals surface area (Å²) in [5.74, 6) is -0.242. The highest BCUT2D eigenvalue weighted by Gasteiger charge is 2.34. The molecule has 236 valence electrons. The van der Waals surface area contributed by atoms with Crippen molar-refractivity contribution in [2.75, 3.05) is 25.0 Å². The van der Waals surface area contributed by atoms with Gasteiger partial charge in [0.05, 0.1) is 35.4 Å². The van der Waals surface area contributed by atoms with Gasteiger partial charge in [-0.2, -0.15) is 0 Å². The predicted octanol–water partition coefficient (Wildman–Crippen LogP) is 5.35. The van der Waals surface area contributed by atoms with Gasteiger partial charge in [-0.3, -0.25) is 14.3 Å². The number of nitrogens with zero attached hydrogens (tertiary/aromatic N) is 3. The standard InChI is InChI=1S/C36H37N5O5/c42-23-24-10-12-25(13-11-24)33-20-30(22-40-17-14-29(15-18-40)41-32-9-2-1-8-31(32)39-36(41)44)45-35(46-33)26-5-3-7-28(19-26)38-34(43)27-6-4-16-37-21-27/h1-13,16,19,21,29-30,33,35,42H,14-15,17-18,20,22-23H2,(H,38,43)(H,39,44)/t30-,33+,35+/m1/s1. The summed E-state index contributed by atoms with van der Waals surface area (Å²) >= 11 is 0. The van der Waals surface area contributed by atoms with Crippen molar-refractivity contribution >= 4 is 22.6 Å². The highest BCUT2D eigenvalue weighted by Crippen LogP contribution is 2.39. The number of amides is 1. The molecule has 4 heterocycles. The number of carbonyl (C=O) groups is 1. The third kappa shape index (κ3) is 6.52. The third-order valence-corrected chi connectivity index (χ3v) is 8.96. The number of ether oxygens (including phenoxy) is 2. The van der Waals surface area contributed by atoms with E-state index >= 15 is 0 Å². The van der Waals surface area contributed by atoms with Crippen LogP contribution in [0.4, 0.5) is 5.69 Å². The Hall–Kier alpha value is -4.61. The largest absolute Gasteiger partial charge is 0.392 e. The number of anilines is 1. The molecule has 1 amide bonds. The number of aromatic amines is 1. The normalized spacial score (nSPS) is 20.9. The van der Waals surface area contributed by atoms with E-state index in [0.29, 0.717) is 17.7 Å². The van der Waals surface area contributed by atoms with Crippen molar-refractivity contribution in [2.24, 2.45) is 0 Å². The Labute approximate surface area is 266 Å². The molecular formula is C36H37N5O5. The minimum Gasteiger partial charge on any atom is -0.392 e. The first-order chi connectivity index (χ1) is 22.5. The number of likely N-dealkylation sites (tertiary alicyclic amines) is 1. The van der Waals surface area contributed by atoms with Gasteiger partial charge in [-0.1, -0.05) is 48.5 Å². The van der Waals surface area contributed by atoms with E-state index in [4.69, 9.17) is 9.47 Å². The second-order valence-electron chi connectivity index (χ2n) is 12.0. The SMILES string of the molecule is O=C(Nc1cccc([C@H]2O[C@@H](CN3CCC(n4c(=O)[nH]c5ccccc54)CC3)C[C@@H](c3ccc(CO)cc3)O2)c1)c1cccnc1. The minimum atomic E-state index is -0.640. The van der Waals surface area contributed by atoms with Crippen LogP contribution in [0.25, 0.3) is 11.0 Å². The highest BCUT2D eigenvalue weighted by atomic mass is 16.7. The van der Waals surface area contributed by atoms with E-state index in [-0.39, 0.29) is 36.5 Å². The molecule has 0 aliphatic carbocycles. The molecule has 2 aliphatic heterocycles. The van der Waals surface area contributed by atoms with Crippen molar-refractivity contribution in [3.05, 3.63) is 130 Å². The molecule has 10 nitrogen and oxygen atoms in total. The summed E-state index contributed by atoms with van der Waals surface area (Å²) in [6.45, 7) is 2.43. The number of benzene rings is 3. The number of fused-ring (bicyclic) bond motifs is 1. The molecule has 3 atom stereocenters. The van der Waals surface area contributed by atoms with Crippen LogP contribution in [0.1, 0.15) is 64.7 Å². The topological polar surface area (TPSA) is 122 Å². The second kappa shape index (κ2) is 13.4. The van der Waals surface area contributed by atoms with E-state index < -0.39 is 6.29 Å². The van der Waals surface area contributed by atoms with Crippen molar-refractivity contribution < 1.29 is 19.4 Å². The molecule has 2 aromatic heterocycles. The molecule has 7 rings (SSSR count). The van der Waals surface area contributed by atoms with Gasteiger partial charge in [0.1, 0.15) is 0 Å². The van der Waals surface area contributed by atoms with E-state index in [1.165, 1.54) is 6.20 Å². The first-order valence-corrected chi connectivity index (χ1v) is 15.8. The van der Waals surface area contributed by atoms with Crippen LogP contribution in [0.5, 0.6) is 0 Å². The number of hydrogen-bond donors (Lipinski definition) is 3. The van der Waals surface area contributed by atoms with E-state index in [2.05, 4.69) is 20.2 Å².